The van der Waals surface area contributed by atoms with Crippen LogP contribution < -0.4 is 10.1 Å². The first-order valence-corrected chi connectivity index (χ1v) is 11.9. The molecule has 2 amide bonds. The first-order chi connectivity index (χ1) is 16.1. The summed E-state index contributed by atoms with van der Waals surface area (Å²) in [6.45, 7) is 0.629. The van der Waals surface area contributed by atoms with Crippen molar-refractivity contribution in [2.24, 2.45) is 0 Å². The number of hydrogen-bond acceptors (Lipinski definition) is 3. The summed E-state index contributed by atoms with van der Waals surface area (Å²) >= 11 is 0. The number of ether oxygens (including phenoxy) is 1. The highest BCUT2D eigenvalue weighted by atomic mass is 16.5. The first kappa shape index (κ1) is 21.5. The van der Waals surface area contributed by atoms with Gasteiger partial charge >= 0.3 is 0 Å². The number of likely N-dealkylation sites (tertiary alicyclic amines) is 1. The van der Waals surface area contributed by atoms with Crippen LogP contribution >= 0.6 is 0 Å². The fourth-order valence-electron chi connectivity index (χ4n) is 5.62. The van der Waals surface area contributed by atoms with Crippen molar-refractivity contribution in [3.63, 3.8) is 0 Å². The Hall–Kier alpha value is -3.34. The Kier molecular flexibility index (Phi) is 5.79. The van der Waals surface area contributed by atoms with Crippen LogP contribution in [-0.4, -0.2) is 36.4 Å². The lowest BCUT2D eigenvalue weighted by Gasteiger charge is -2.35. The van der Waals surface area contributed by atoms with Gasteiger partial charge in [0.15, 0.2) is 0 Å². The molecule has 1 saturated heterocycles. The second-order valence-corrected chi connectivity index (χ2v) is 9.19. The van der Waals surface area contributed by atoms with E-state index in [0.717, 1.165) is 59.9 Å². The van der Waals surface area contributed by atoms with Gasteiger partial charge in [-0.2, -0.15) is 0 Å². The summed E-state index contributed by atoms with van der Waals surface area (Å²) in [5.74, 6) is 0.786. The monoisotopic (exact) mass is 442 g/mol. The Bertz CT molecular complexity index is 1160. The molecule has 1 saturated carbocycles. The largest absolute Gasteiger partial charge is 0.497 e. The summed E-state index contributed by atoms with van der Waals surface area (Å²) in [5, 5.41) is 5.21. The van der Waals surface area contributed by atoms with Crippen molar-refractivity contribution < 1.29 is 14.3 Å². The third kappa shape index (κ3) is 3.86. The molecule has 0 spiro atoms. The van der Waals surface area contributed by atoms with Crippen molar-refractivity contribution in [1.82, 2.24) is 4.90 Å². The van der Waals surface area contributed by atoms with Crippen LogP contribution in [0.4, 0.5) is 5.69 Å². The minimum atomic E-state index is -0.547. The molecule has 3 aromatic carbocycles. The number of nitrogens with one attached hydrogen (secondary N) is 1. The van der Waals surface area contributed by atoms with Crippen LogP contribution in [0, 0.1) is 0 Å². The van der Waals surface area contributed by atoms with Crippen LogP contribution in [0.3, 0.4) is 0 Å². The molecule has 1 aliphatic carbocycles. The number of rotatable bonds is 5. The van der Waals surface area contributed by atoms with E-state index in [0.29, 0.717) is 13.0 Å². The Morgan fingerprint density at radius 1 is 0.939 bits per heavy atom. The summed E-state index contributed by atoms with van der Waals surface area (Å²) in [7, 11) is 1.65. The zero-order chi connectivity index (χ0) is 22.8. The number of fused-ring (bicyclic) bond motifs is 1. The molecule has 0 bridgehead atoms. The van der Waals surface area contributed by atoms with Gasteiger partial charge in [-0.05, 0) is 54.8 Å². The lowest BCUT2D eigenvalue weighted by molar-refractivity contribution is -0.141. The van der Waals surface area contributed by atoms with Gasteiger partial charge in [-0.15, -0.1) is 0 Å². The molecular weight excluding hydrogens is 412 g/mol. The average molecular weight is 443 g/mol. The van der Waals surface area contributed by atoms with E-state index >= 15 is 0 Å². The van der Waals surface area contributed by atoms with Gasteiger partial charge in [0.05, 0.1) is 12.5 Å². The van der Waals surface area contributed by atoms with Crippen LogP contribution in [-0.2, 0) is 15.0 Å². The molecule has 0 aromatic heterocycles. The minimum Gasteiger partial charge on any atom is -0.497 e. The Labute approximate surface area is 194 Å². The fourth-order valence-corrected chi connectivity index (χ4v) is 5.62. The quantitative estimate of drug-likeness (QED) is 0.584. The molecule has 0 unspecified atom stereocenters. The normalized spacial score (nSPS) is 19.5. The molecule has 1 heterocycles. The topological polar surface area (TPSA) is 58.6 Å². The van der Waals surface area contributed by atoms with Crippen molar-refractivity contribution >= 4 is 28.3 Å². The standard InChI is InChI=1S/C28H30N2O3/c1-33-22-15-13-21(14-16-22)28(17-4-5-18-28)27(32)30-19-7-12-25(30)26(31)29-24-11-6-9-20-8-2-3-10-23(20)24/h2-3,6,8-11,13-16,25H,4-5,7,12,17-19H2,1H3,(H,29,31)/t25-/m1/s1. The predicted molar refractivity (Wildman–Crippen MR) is 130 cm³/mol. The number of methoxy groups -OCH3 is 1. The Morgan fingerprint density at radius 2 is 1.67 bits per heavy atom. The van der Waals surface area contributed by atoms with Crippen molar-refractivity contribution in [2.45, 2.75) is 50.0 Å². The van der Waals surface area contributed by atoms with Crippen molar-refractivity contribution in [3.8, 4) is 5.75 Å². The van der Waals surface area contributed by atoms with Gasteiger partial charge in [-0.3, -0.25) is 9.59 Å². The molecule has 5 nitrogen and oxygen atoms in total. The van der Waals surface area contributed by atoms with Gasteiger partial charge in [0, 0.05) is 17.6 Å². The third-order valence-corrected chi connectivity index (χ3v) is 7.37. The maximum Gasteiger partial charge on any atom is 0.247 e. The highest BCUT2D eigenvalue weighted by Gasteiger charge is 2.48. The molecule has 1 N–H and O–H groups in total. The number of amides is 2. The van der Waals surface area contributed by atoms with E-state index < -0.39 is 11.5 Å². The predicted octanol–water partition coefficient (Wildman–Crippen LogP) is 5.29. The molecule has 1 aliphatic heterocycles. The number of carbonyl (C=O) groups excluding carboxylic acids is 2. The van der Waals surface area contributed by atoms with Crippen LogP contribution in [0.1, 0.15) is 44.1 Å². The van der Waals surface area contributed by atoms with E-state index in [9.17, 15) is 9.59 Å². The van der Waals surface area contributed by atoms with Gasteiger partial charge in [0.2, 0.25) is 11.8 Å². The Morgan fingerprint density at radius 3 is 2.42 bits per heavy atom. The van der Waals surface area contributed by atoms with Gasteiger partial charge in [-0.1, -0.05) is 61.4 Å². The van der Waals surface area contributed by atoms with Crippen molar-refractivity contribution in [3.05, 3.63) is 72.3 Å². The molecule has 3 aromatic rings. The lowest BCUT2D eigenvalue weighted by atomic mass is 9.77. The molecular formula is C28H30N2O3. The summed E-state index contributed by atoms with van der Waals surface area (Å²) in [4.78, 5) is 29.3. The molecule has 2 fully saturated rings. The molecule has 1 atom stereocenters. The number of hydrogen-bond donors (Lipinski definition) is 1. The number of benzene rings is 3. The number of nitrogens with zero attached hydrogens (tertiary/aromatic N) is 1. The summed E-state index contributed by atoms with van der Waals surface area (Å²) in [5.41, 5.74) is 1.28. The van der Waals surface area contributed by atoms with Crippen LogP contribution in [0.2, 0.25) is 0 Å². The molecule has 5 heteroatoms. The molecule has 33 heavy (non-hydrogen) atoms. The first-order valence-electron chi connectivity index (χ1n) is 11.9. The van der Waals surface area contributed by atoms with Crippen LogP contribution in [0.25, 0.3) is 10.8 Å². The van der Waals surface area contributed by atoms with Gasteiger partial charge in [0.25, 0.3) is 0 Å². The maximum atomic E-state index is 14.0. The summed E-state index contributed by atoms with van der Waals surface area (Å²) in [6, 6.07) is 21.4. The highest BCUT2D eigenvalue weighted by molar-refractivity contribution is 6.05. The van der Waals surface area contributed by atoms with E-state index in [1.54, 1.807) is 7.11 Å². The number of anilines is 1. The van der Waals surface area contributed by atoms with E-state index in [-0.39, 0.29) is 11.8 Å². The maximum absolute atomic E-state index is 14.0. The van der Waals surface area contributed by atoms with E-state index in [1.165, 1.54) is 0 Å². The van der Waals surface area contributed by atoms with Crippen LogP contribution in [0.5, 0.6) is 5.75 Å². The Balaban J connectivity index is 1.41. The molecule has 0 radical (unpaired) electrons. The van der Waals surface area contributed by atoms with E-state index in [1.807, 2.05) is 71.6 Å². The fraction of sp³-hybridized carbons (Fsp3) is 0.357. The molecule has 2 aliphatic rings. The van der Waals surface area contributed by atoms with Crippen molar-refractivity contribution in [2.75, 3.05) is 19.0 Å². The van der Waals surface area contributed by atoms with Crippen molar-refractivity contribution in [1.29, 1.82) is 0 Å². The summed E-state index contributed by atoms with van der Waals surface area (Å²) < 4.78 is 5.31. The number of carbonyl (C=O) groups is 2. The smallest absolute Gasteiger partial charge is 0.247 e. The van der Waals surface area contributed by atoms with Gasteiger partial charge in [-0.25, -0.2) is 0 Å². The highest BCUT2D eigenvalue weighted by Crippen LogP contribution is 2.44. The second-order valence-electron chi connectivity index (χ2n) is 9.19. The zero-order valence-corrected chi connectivity index (χ0v) is 19.0. The SMILES string of the molecule is COc1ccc(C2(C(=O)N3CCC[C@@H]3C(=O)Nc3cccc4ccccc34)CCCC2)cc1. The van der Waals surface area contributed by atoms with Gasteiger partial charge < -0.3 is 15.0 Å². The minimum absolute atomic E-state index is 0.0971. The third-order valence-electron chi connectivity index (χ3n) is 7.37. The molecule has 170 valence electrons. The second kappa shape index (κ2) is 8.89. The lowest BCUT2D eigenvalue weighted by Crippen LogP contribution is -2.51. The zero-order valence-electron chi connectivity index (χ0n) is 19.0. The average Bonchev–Trinajstić information content (AvgIpc) is 3.55. The van der Waals surface area contributed by atoms with Crippen LogP contribution in [0.15, 0.2) is 66.7 Å². The van der Waals surface area contributed by atoms with E-state index in [2.05, 4.69) is 5.32 Å². The molecule has 5 rings (SSSR count). The van der Waals surface area contributed by atoms with E-state index in [4.69, 9.17) is 4.74 Å². The summed E-state index contributed by atoms with van der Waals surface area (Å²) in [6.07, 6.45) is 5.24. The van der Waals surface area contributed by atoms with Gasteiger partial charge in [0.1, 0.15) is 11.8 Å².